The van der Waals surface area contributed by atoms with E-state index in [4.69, 9.17) is 4.74 Å². The number of ether oxygens (including phenoxy) is 1. The molecule has 0 saturated carbocycles. The molecule has 0 radical (unpaired) electrons. The molecule has 0 fully saturated rings. The predicted molar refractivity (Wildman–Crippen MR) is 99.6 cm³/mol. The lowest BCUT2D eigenvalue weighted by Gasteiger charge is -2.14. The highest BCUT2D eigenvalue weighted by atomic mass is 16.5. The Kier molecular flexibility index (Phi) is 5.09. The monoisotopic (exact) mass is 337 g/mol. The molecule has 6 heteroatoms. The number of hydrogen-bond donors (Lipinski definition) is 0. The fraction of sp³-hybridized carbons (Fsp3) is 0.316. The fourth-order valence-electron chi connectivity index (χ4n) is 2.72. The van der Waals surface area contributed by atoms with Gasteiger partial charge in [0.2, 0.25) is 0 Å². The van der Waals surface area contributed by atoms with Crippen molar-refractivity contribution in [1.82, 2.24) is 19.7 Å². The third kappa shape index (κ3) is 3.69. The van der Waals surface area contributed by atoms with Crippen LogP contribution in [0.15, 0.2) is 42.6 Å². The van der Waals surface area contributed by atoms with Crippen molar-refractivity contribution < 1.29 is 4.74 Å². The van der Waals surface area contributed by atoms with Gasteiger partial charge in [0.15, 0.2) is 5.82 Å². The third-order valence-electron chi connectivity index (χ3n) is 4.14. The Hall–Kier alpha value is -2.73. The maximum absolute atomic E-state index is 5.19. The van der Waals surface area contributed by atoms with Gasteiger partial charge in [-0.15, -0.1) is 10.2 Å². The summed E-state index contributed by atoms with van der Waals surface area (Å²) in [5.74, 6) is 1.62. The van der Waals surface area contributed by atoms with E-state index in [9.17, 15) is 0 Å². The molecule has 6 nitrogen and oxygen atoms in total. The zero-order valence-electron chi connectivity index (χ0n) is 15.1. The van der Waals surface area contributed by atoms with Gasteiger partial charge in [-0.05, 0) is 42.3 Å². The Morgan fingerprint density at radius 2 is 1.88 bits per heavy atom. The highest BCUT2D eigenvalue weighted by Gasteiger charge is 2.13. The number of rotatable bonds is 6. The van der Waals surface area contributed by atoms with E-state index in [1.54, 1.807) is 7.11 Å². The molecule has 0 aliphatic rings. The zero-order valence-corrected chi connectivity index (χ0v) is 15.1. The summed E-state index contributed by atoms with van der Waals surface area (Å²) in [5.41, 5.74) is 4.22. The quantitative estimate of drug-likeness (QED) is 0.692. The van der Waals surface area contributed by atoms with E-state index in [-0.39, 0.29) is 0 Å². The molecular weight excluding hydrogens is 314 g/mol. The van der Waals surface area contributed by atoms with Crippen LogP contribution < -0.4 is 4.90 Å². The normalized spacial score (nSPS) is 10.9. The first-order valence-electron chi connectivity index (χ1n) is 8.23. The molecular formula is C19H23N5O. The first kappa shape index (κ1) is 17.1. The molecule has 0 amide bonds. The van der Waals surface area contributed by atoms with E-state index in [0.717, 1.165) is 34.2 Å². The Labute approximate surface area is 148 Å². The van der Waals surface area contributed by atoms with E-state index in [1.807, 2.05) is 37.8 Å². The van der Waals surface area contributed by atoms with Crippen LogP contribution in [-0.4, -0.2) is 47.6 Å². The molecule has 3 rings (SSSR count). The summed E-state index contributed by atoms with van der Waals surface area (Å²) >= 11 is 0. The molecule has 25 heavy (non-hydrogen) atoms. The number of pyridine rings is 1. The molecule has 0 atom stereocenters. The van der Waals surface area contributed by atoms with E-state index in [0.29, 0.717) is 13.2 Å². The van der Waals surface area contributed by atoms with Crippen LogP contribution in [0.25, 0.3) is 22.6 Å². The van der Waals surface area contributed by atoms with Crippen molar-refractivity contribution in [2.45, 2.75) is 13.5 Å². The van der Waals surface area contributed by atoms with Crippen molar-refractivity contribution in [3.8, 4) is 22.6 Å². The molecule has 0 aliphatic heterocycles. The van der Waals surface area contributed by atoms with Gasteiger partial charge >= 0.3 is 0 Å². The van der Waals surface area contributed by atoms with Crippen LogP contribution in [0.3, 0.4) is 0 Å². The highest BCUT2D eigenvalue weighted by molar-refractivity contribution is 5.71. The number of anilines is 1. The molecule has 2 heterocycles. The highest BCUT2D eigenvalue weighted by Crippen LogP contribution is 2.26. The average Bonchev–Trinajstić information content (AvgIpc) is 3.00. The van der Waals surface area contributed by atoms with Crippen LogP contribution in [0.1, 0.15) is 5.82 Å². The van der Waals surface area contributed by atoms with Crippen LogP contribution in [0.2, 0.25) is 0 Å². The average molecular weight is 337 g/mol. The second-order valence-electron chi connectivity index (χ2n) is 6.09. The Morgan fingerprint density at radius 1 is 1.08 bits per heavy atom. The zero-order chi connectivity index (χ0) is 17.8. The standard InChI is InChI=1S/C19H23N5O/c1-14-21-22-19(24(14)10-11-25-4)18-13-16(8-9-20-18)15-6-5-7-17(12-15)23(2)3/h5-9,12-13H,10-11H2,1-4H3. The van der Waals surface area contributed by atoms with Gasteiger partial charge in [0.05, 0.1) is 6.61 Å². The van der Waals surface area contributed by atoms with Crippen molar-refractivity contribution >= 4 is 5.69 Å². The first-order valence-corrected chi connectivity index (χ1v) is 8.23. The molecule has 0 aliphatic carbocycles. The summed E-state index contributed by atoms with van der Waals surface area (Å²) in [6, 6.07) is 12.5. The minimum absolute atomic E-state index is 0.608. The summed E-state index contributed by atoms with van der Waals surface area (Å²) in [5, 5.41) is 8.50. The van der Waals surface area contributed by atoms with Crippen LogP contribution in [0, 0.1) is 6.92 Å². The number of aromatic nitrogens is 4. The lowest BCUT2D eigenvalue weighted by Crippen LogP contribution is -2.08. The van der Waals surface area contributed by atoms with Gasteiger partial charge in [-0.1, -0.05) is 12.1 Å². The predicted octanol–water partition coefficient (Wildman–Crippen LogP) is 3.03. The van der Waals surface area contributed by atoms with Crippen LogP contribution in [-0.2, 0) is 11.3 Å². The topological polar surface area (TPSA) is 56.1 Å². The molecule has 130 valence electrons. The number of methoxy groups -OCH3 is 1. The van der Waals surface area contributed by atoms with Crippen molar-refractivity contribution in [1.29, 1.82) is 0 Å². The van der Waals surface area contributed by atoms with Gasteiger partial charge in [0.1, 0.15) is 11.5 Å². The van der Waals surface area contributed by atoms with Crippen molar-refractivity contribution in [2.75, 3.05) is 32.7 Å². The number of aryl methyl sites for hydroxylation is 1. The molecule has 0 saturated heterocycles. The molecule has 2 aromatic heterocycles. The maximum atomic E-state index is 5.19. The largest absolute Gasteiger partial charge is 0.383 e. The molecule has 0 N–H and O–H groups in total. The smallest absolute Gasteiger partial charge is 0.182 e. The van der Waals surface area contributed by atoms with Gasteiger partial charge in [0, 0.05) is 39.6 Å². The Bertz CT molecular complexity index is 857. The van der Waals surface area contributed by atoms with E-state index in [2.05, 4.69) is 50.4 Å². The first-order chi connectivity index (χ1) is 12.1. The van der Waals surface area contributed by atoms with Crippen LogP contribution >= 0.6 is 0 Å². The van der Waals surface area contributed by atoms with Crippen LogP contribution in [0.4, 0.5) is 5.69 Å². The molecule has 1 aromatic carbocycles. The van der Waals surface area contributed by atoms with E-state index in [1.165, 1.54) is 0 Å². The summed E-state index contributed by atoms with van der Waals surface area (Å²) in [4.78, 5) is 6.59. The lowest BCUT2D eigenvalue weighted by atomic mass is 10.0. The van der Waals surface area contributed by atoms with Crippen molar-refractivity contribution in [3.63, 3.8) is 0 Å². The summed E-state index contributed by atoms with van der Waals surface area (Å²) in [6.45, 7) is 3.25. The number of hydrogen-bond acceptors (Lipinski definition) is 5. The summed E-state index contributed by atoms with van der Waals surface area (Å²) in [6.07, 6.45) is 1.82. The van der Waals surface area contributed by atoms with Gasteiger partial charge in [0.25, 0.3) is 0 Å². The number of benzene rings is 1. The SMILES string of the molecule is COCCn1c(C)nnc1-c1cc(-c2cccc(N(C)C)c2)ccn1. The summed E-state index contributed by atoms with van der Waals surface area (Å²) in [7, 11) is 5.77. The third-order valence-corrected chi connectivity index (χ3v) is 4.14. The fourth-order valence-corrected chi connectivity index (χ4v) is 2.72. The van der Waals surface area contributed by atoms with Crippen LogP contribution in [0.5, 0.6) is 0 Å². The second-order valence-corrected chi connectivity index (χ2v) is 6.09. The van der Waals surface area contributed by atoms with Gasteiger partial charge < -0.3 is 14.2 Å². The van der Waals surface area contributed by atoms with Crippen molar-refractivity contribution in [3.05, 3.63) is 48.4 Å². The van der Waals surface area contributed by atoms with E-state index < -0.39 is 0 Å². The summed E-state index contributed by atoms with van der Waals surface area (Å²) < 4.78 is 7.22. The van der Waals surface area contributed by atoms with E-state index >= 15 is 0 Å². The minimum Gasteiger partial charge on any atom is -0.383 e. The molecule has 3 aromatic rings. The lowest BCUT2D eigenvalue weighted by molar-refractivity contribution is 0.187. The molecule has 0 spiro atoms. The molecule has 0 bridgehead atoms. The minimum atomic E-state index is 0.608. The Morgan fingerprint density at radius 3 is 2.64 bits per heavy atom. The van der Waals surface area contributed by atoms with Gasteiger partial charge in [-0.3, -0.25) is 4.98 Å². The van der Waals surface area contributed by atoms with Crippen molar-refractivity contribution in [2.24, 2.45) is 0 Å². The second kappa shape index (κ2) is 7.44. The van der Waals surface area contributed by atoms with Gasteiger partial charge in [-0.25, -0.2) is 0 Å². The maximum Gasteiger partial charge on any atom is 0.182 e. The Balaban J connectivity index is 1.99. The molecule has 0 unspecified atom stereocenters. The number of nitrogens with zero attached hydrogens (tertiary/aromatic N) is 5. The van der Waals surface area contributed by atoms with Gasteiger partial charge in [-0.2, -0.15) is 0 Å².